The molecule has 3 N–H and O–H groups in total. The van der Waals surface area contributed by atoms with Gasteiger partial charge in [-0.15, -0.1) is 0 Å². The van der Waals surface area contributed by atoms with Crippen LogP contribution < -0.4 is 20.9 Å². The van der Waals surface area contributed by atoms with Crippen molar-refractivity contribution in [1.82, 2.24) is 44.5 Å². The van der Waals surface area contributed by atoms with E-state index >= 15 is 8.78 Å². The number of amides is 5. The van der Waals surface area contributed by atoms with Crippen molar-refractivity contribution < 1.29 is 41.5 Å². The van der Waals surface area contributed by atoms with E-state index in [2.05, 4.69) is 33.8 Å². The molecule has 4 aliphatic heterocycles. The van der Waals surface area contributed by atoms with Gasteiger partial charge in [-0.25, -0.2) is 18.4 Å². The summed E-state index contributed by atoms with van der Waals surface area (Å²) < 4.78 is 58.6. The van der Waals surface area contributed by atoms with Gasteiger partial charge in [-0.1, -0.05) is 38.1 Å². The third-order valence-electron chi connectivity index (χ3n) is 16.1. The number of likely N-dealkylation sites (tertiary alicyclic amines) is 4. The standard InChI is InChI=1S/C29H33F3N6O3.C27H33FN6O2/c1-3-36-17-29(18-36)8-10-37(11-9-29)28(41)38(22-7-6-20-14-34-35(2)24(20)13-22)16-21-5-4-19(12-23(21)30)25(39)15-33-27(40)26(31)32;1-3-32-17-27(18-32)8-10-33(11-9-27)26(36)34(22-7-6-20-15-30-31(2)24(20)13-22)16-21-5-4-19(12-23(21)28)25(35)14-29/h4-7,12-14,26H,3,8-11,15-18H2,1-2H3,(H,33,40);4-7,12-13,15H,3,8-11,14,16-18,29H2,1-2H3. The number of hydrogen-bond donors (Lipinski definition) is 2. The first kappa shape index (κ1) is 54.6. The van der Waals surface area contributed by atoms with E-state index in [-0.39, 0.29) is 59.6 Å². The Balaban J connectivity index is 0.000000189. The van der Waals surface area contributed by atoms with E-state index in [9.17, 15) is 32.8 Å². The highest BCUT2D eigenvalue weighted by Gasteiger charge is 2.46. The number of nitrogens with two attached hydrogens (primary N) is 1. The summed E-state index contributed by atoms with van der Waals surface area (Å²) in [6, 6.07) is 19.0. The van der Waals surface area contributed by atoms with Crippen LogP contribution in [-0.2, 0) is 32.0 Å². The Bertz CT molecular complexity index is 3170. The average Bonchev–Trinajstić information content (AvgIpc) is 4.00. The van der Waals surface area contributed by atoms with Crippen molar-refractivity contribution >= 4 is 62.7 Å². The lowest BCUT2D eigenvalue weighted by Crippen LogP contribution is -2.61. The lowest BCUT2D eigenvalue weighted by atomic mass is 9.72. The largest absolute Gasteiger partial charge is 0.344 e. The highest BCUT2D eigenvalue weighted by molar-refractivity contribution is 6.00. The molecule has 10 rings (SSSR count). The summed E-state index contributed by atoms with van der Waals surface area (Å²) >= 11 is 0. The van der Waals surface area contributed by atoms with Crippen LogP contribution in [0.3, 0.4) is 0 Å². The van der Waals surface area contributed by atoms with Crippen LogP contribution in [0.15, 0.2) is 85.2 Å². The molecule has 6 aromatic rings. The number of urea groups is 2. The number of ketones is 2. The minimum Gasteiger partial charge on any atom is -0.344 e. The fourth-order valence-corrected chi connectivity index (χ4v) is 11.2. The van der Waals surface area contributed by atoms with Gasteiger partial charge in [0, 0.05) is 111 Å². The molecular weight excluding hydrogens is 997 g/mol. The van der Waals surface area contributed by atoms with Crippen molar-refractivity contribution in [2.24, 2.45) is 30.7 Å². The number of alkyl halides is 2. The molecule has 4 aliphatic rings. The molecule has 0 bridgehead atoms. The molecule has 2 aromatic heterocycles. The van der Waals surface area contributed by atoms with Gasteiger partial charge in [0.25, 0.3) is 5.91 Å². The van der Waals surface area contributed by atoms with Crippen molar-refractivity contribution in [3.05, 3.63) is 119 Å². The first-order chi connectivity index (χ1) is 36.9. The highest BCUT2D eigenvalue weighted by atomic mass is 19.3. The van der Waals surface area contributed by atoms with E-state index in [1.807, 2.05) is 52.5 Å². The number of rotatable bonds is 14. The molecule has 77 heavy (non-hydrogen) atoms. The minimum absolute atomic E-state index is 0.0520. The third kappa shape index (κ3) is 11.7. The van der Waals surface area contributed by atoms with Gasteiger partial charge in [0.05, 0.1) is 49.6 Å². The van der Waals surface area contributed by atoms with Crippen molar-refractivity contribution in [3.63, 3.8) is 0 Å². The Hall–Kier alpha value is -7.23. The maximum absolute atomic E-state index is 15.3. The van der Waals surface area contributed by atoms with Gasteiger partial charge in [0.1, 0.15) is 11.6 Å². The summed E-state index contributed by atoms with van der Waals surface area (Å²) in [5, 5.41) is 12.3. The van der Waals surface area contributed by atoms with Crippen LogP contribution in [-0.4, -0.2) is 154 Å². The van der Waals surface area contributed by atoms with Gasteiger partial charge in [0.2, 0.25) is 0 Å². The SMILES string of the molecule is CCN1CC2(CCN(C(=O)N(Cc3ccc(C(=O)CN)cc3F)c3ccc4cnn(C)c4c3)CC2)C1.CCN1CC2(CCN(C(=O)N(Cc3ccc(C(=O)CNC(=O)C(F)F)cc3F)c3ccc4cnn(C)c4c3)CC2)C1. The second-order valence-corrected chi connectivity index (χ2v) is 21.0. The molecule has 5 amide bonds. The summed E-state index contributed by atoms with van der Waals surface area (Å²) in [4.78, 5) is 74.8. The average molecular weight is 1060 g/mol. The van der Waals surface area contributed by atoms with Crippen LogP contribution in [0.25, 0.3) is 21.8 Å². The van der Waals surface area contributed by atoms with E-state index in [0.29, 0.717) is 48.5 Å². The zero-order valence-electron chi connectivity index (χ0n) is 44.0. The number of piperidine rings is 2. The summed E-state index contributed by atoms with van der Waals surface area (Å²) in [5.41, 5.74) is 9.67. The smallest absolute Gasteiger partial charge is 0.324 e. The maximum atomic E-state index is 15.3. The molecule has 0 radical (unpaired) electrons. The number of nitrogens with zero attached hydrogens (tertiary/aromatic N) is 10. The molecule has 0 unspecified atom stereocenters. The molecule has 17 nitrogen and oxygen atoms in total. The Morgan fingerprint density at radius 2 is 1.04 bits per heavy atom. The predicted molar refractivity (Wildman–Crippen MR) is 285 cm³/mol. The lowest BCUT2D eigenvalue weighted by Gasteiger charge is -2.54. The number of fused-ring (bicyclic) bond motifs is 2. The zero-order valence-corrected chi connectivity index (χ0v) is 44.0. The second-order valence-electron chi connectivity index (χ2n) is 21.0. The number of aryl methyl sites for hydroxylation is 2. The van der Waals surface area contributed by atoms with E-state index in [1.165, 1.54) is 23.1 Å². The molecule has 21 heteroatoms. The van der Waals surface area contributed by atoms with Crippen LogP contribution in [0.5, 0.6) is 0 Å². The summed E-state index contributed by atoms with van der Waals surface area (Å²) in [5.74, 6) is -3.85. The fourth-order valence-electron chi connectivity index (χ4n) is 11.2. The molecule has 408 valence electrons. The van der Waals surface area contributed by atoms with E-state index in [1.54, 1.807) is 51.9 Å². The minimum atomic E-state index is -3.25. The molecule has 6 heterocycles. The van der Waals surface area contributed by atoms with E-state index < -0.39 is 36.3 Å². The zero-order chi connectivity index (χ0) is 54.8. The van der Waals surface area contributed by atoms with Crippen molar-refractivity contribution in [2.75, 3.05) is 88.3 Å². The van der Waals surface area contributed by atoms with Gasteiger partial charge in [-0.05, 0) is 98.1 Å². The van der Waals surface area contributed by atoms with Crippen molar-refractivity contribution in [1.29, 1.82) is 0 Å². The Labute approximate surface area is 444 Å². The van der Waals surface area contributed by atoms with Crippen molar-refractivity contribution in [3.8, 4) is 0 Å². The first-order valence-electron chi connectivity index (χ1n) is 26.2. The molecule has 4 aromatic carbocycles. The summed E-state index contributed by atoms with van der Waals surface area (Å²) in [7, 11) is 3.66. The third-order valence-corrected chi connectivity index (χ3v) is 16.1. The van der Waals surface area contributed by atoms with Gasteiger partial charge < -0.3 is 30.7 Å². The number of hydrogen-bond acceptors (Lipinski definition) is 10. The van der Waals surface area contributed by atoms with E-state index in [4.69, 9.17) is 5.73 Å². The van der Waals surface area contributed by atoms with Gasteiger partial charge in [-0.3, -0.25) is 33.5 Å². The number of anilines is 2. The topological polar surface area (TPSA) is 178 Å². The van der Waals surface area contributed by atoms with Crippen LogP contribution in [0.4, 0.5) is 38.5 Å². The number of carbonyl (C=O) groups is 5. The first-order valence-corrected chi connectivity index (χ1v) is 26.2. The summed E-state index contributed by atoms with van der Waals surface area (Å²) in [6.07, 6.45) is 4.05. The van der Waals surface area contributed by atoms with Crippen LogP contribution >= 0.6 is 0 Å². The van der Waals surface area contributed by atoms with E-state index in [0.717, 1.165) is 92.8 Å². The van der Waals surface area contributed by atoms with Gasteiger partial charge in [0.15, 0.2) is 11.6 Å². The normalized spacial score (nSPS) is 17.0. The number of aromatic nitrogens is 4. The second kappa shape index (κ2) is 22.8. The number of benzene rings is 4. The molecule has 4 fully saturated rings. The van der Waals surface area contributed by atoms with Gasteiger partial charge in [-0.2, -0.15) is 19.0 Å². The fraction of sp³-hybridized carbons (Fsp3) is 0.446. The quantitative estimate of drug-likeness (QED) is 0.0837. The molecule has 2 spiro atoms. The molecular formula is C56H66F4N12O5. The maximum Gasteiger partial charge on any atom is 0.324 e. The molecule has 4 saturated heterocycles. The summed E-state index contributed by atoms with van der Waals surface area (Å²) in [6.45, 7) is 12.4. The Kier molecular flexibility index (Phi) is 16.1. The van der Waals surface area contributed by atoms with Crippen LogP contribution in [0, 0.1) is 22.5 Å². The number of halogens is 4. The Morgan fingerprint density at radius 1 is 0.623 bits per heavy atom. The number of nitrogens with one attached hydrogen (secondary N) is 1. The molecule has 0 saturated carbocycles. The van der Waals surface area contributed by atoms with Crippen molar-refractivity contribution in [2.45, 2.75) is 59.0 Å². The Morgan fingerprint density at radius 3 is 1.42 bits per heavy atom. The van der Waals surface area contributed by atoms with Crippen LogP contribution in [0.1, 0.15) is 71.4 Å². The number of Topliss-reactive ketones (excluding diaryl/α,β-unsaturated/α-hetero) is 2. The monoisotopic (exact) mass is 1060 g/mol. The molecule has 0 aliphatic carbocycles. The lowest BCUT2D eigenvalue weighted by molar-refractivity contribution is -0.131. The van der Waals surface area contributed by atoms with Crippen LogP contribution in [0.2, 0.25) is 0 Å². The highest BCUT2D eigenvalue weighted by Crippen LogP contribution is 2.42. The van der Waals surface area contributed by atoms with Gasteiger partial charge >= 0.3 is 18.5 Å². The predicted octanol–water partition coefficient (Wildman–Crippen LogP) is 7.22. The molecule has 0 atom stereocenters. The number of carbonyl (C=O) groups excluding carboxylic acids is 5.